The van der Waals surface area contributed by atoms with Gasteiger partial charge in [0.25, 0.3) is 0 Å². The number of nitrogens with zero attached hydrogens (tertiary/aromatic N) is 1. The molecule has 0 saturated heterocycles. The Morgan fingerprint density at radius 1 is 1.30 bits per heavy atom. The van der Waals surface area contributed by atoms with E-state index in [0.717, 1.165) is 15.4 Å². The lowest BCUT2D eigenvalue weighted by Crippen LogP contribution is -2.37. The number of aryl methyl sites for hydroxylation is 2. The molecule has 0 aliphatic heterocycles. The van der Waals surface area contributed by atoms with Gasteiger partial charge in [0.15, 0.2) is 0 Å². The number of hydrogen-bond donors (Lipinski definition) is 1. The molecule has 7 heteroatoms. The average Bonchev–Trinajstić information content (AvgIpc) is 2.40. The molecule has 112 valence electrons. The Morgan fingerprint density at radius 2 is 1.85 bits per heavy atom. The largest absolute Gasteiger partial charge is 0.495 e. The highest BCUT2D eigenvalue weighted by Crippen LogP contribution is 2.29. The van der Waals surface area contributed by atoms with Crippen molar-refractivity contribution in [3.8, 4) is 5.75 Å². The normalized spacial score (nSPS) is 11.5. The number of carbonyl (C=O) groups is 1. The van der Waals surface area contributed by atoms with Crippen LogP contribution in [0.1, 0.15) is 11.1 Å². The fourth-order valence-corrected chi connectivity index (χ4v) is 3.00. The van der Waals surface area contributed by atoms with Crippen LogP contribution in [-0.4, -0.2) is 46.4 Å². The summed E-state index contributed by atoms with van der Waals surface area (Å²) in [6, 6.07) is 3.24. The molecule has 1 aromatic carbocycles. The fourth-order valence-electron chi connectivity index (χ4n) is 1.66. The summed E-state index contributed by atoms with van der Waals surface area (Å²) in [4.78, 5) is 11.4. The molecule has 6 nitrogen and oxygen atoms in total. The van der Waals surface area contributed by atoms with Crippen LogP contribution in [0.4, 0.5) is 0 Å². The first kappa shape index (κ1) is 16.5. The van der Waals surface area contributed by atoms with E-state index in [-0.39, 0.29) is 23.1 Å². The number of ether oxygens (including phenoxy) is 1. The number of benzene rings is 1. The van der Waals surface area contributed by atoms with E-state index in [9.17, 15) is 13.2 Å². The summed E-state index contributed by atoms with van der Waals surface area (Å²) in [5, 5.41) is 2.39. The second-order valence-corrected chi connectivity index (χ2v) is 6.53. The van der Waals surface area contributed by atoms with Crippen molar-refractivity contribution in [2.45, 2.75) is 18.7 Å². The Morgan fingerprint density at radius 3 is 2.35 bits per heavy atom. The lowest BCUT2D eigenvalue weighted by atomic mass is 10.1. The van der Waals surface area contributed by atoms with Gasteiger partial charge in [-0.15, -0.1) is 0 Å². The highest BCUT2D eigenvalue weighted by molar-refractivity contribution is 7.89. The van der Waals surface area contributed by atoms with Crippen LogP contribution >= 0.6 is 0 Å². The van der Waals surface area contributed by atoms with Crippen molar-refractivity contribution in [1.82, 2.24) is 9.62 Å². The molecular formula is C13H20N2O4S. The van der Waals surface area contributed by atoms with Gasteiger partial charge in [0.05, 0.1) is 13.7 Å². The standard InChI is InChI=1S/C13H20N2O4S/c1-9-6-11(19-5)12(7-10(9)2)20(17,18)15(4)8-13(16)14-3/h6-7H,8H2,1-5H3,(H,14,16). The van der Waals surface area contributed by atoms with Crippen molar-refractivity contribution < 1.29 is 17.9 Å². The van der Waals surface area contributed by atoms with Crippen molar-refractivity contribution in [3.63, 3.8) is 0 Å². The van der Waals surface area contributed by atoms with Crippen LogP contribution in [0.2, 0.25) is 0 Å². The molecule has 0 bridgehead atoms. The monoisotopic (exact) mass is 300 g/mol. The molecule has 0 aliphatic rings. The Labute approximate surface area is 119 Å². The summed E-state index contributed by atoms with van der Waals surface area (Å²) in [5.74, 6) is -0.101. The van der Waals surface area contributed by atoms with Crippen LogP contribution in [0.5, 0.6) is 5.75 Å². The van der Waals surface area contributed by atoms with Crippen LogP contribution in [0, 0.1) is 13.8 Å². The van der Waals surface area contributed by atoms with Crippen molar-refractivity contribution in [1.29, 1.82) is 0 Å². The van der Waals surface area contributed by atoms with Crippen molar-refractivity contribution >= 4 is 15.9 Å². The van der Waals surface area contributed by atoms with Crippen LogP contribution in [0.3, 0.4) is 0 Å². The van der Waals surface area contributed by atoms with Gasteiger partial charge in [0, 0.05) is 14.1 Å². The molecular weight excluding hydrogens is 280 g/mol. The molecule has 0 unspecified atom stereocenters. The SMILES string of the molecule is CNC(=O)CN(C)S(=O)(=O)c1cc(C)c(C)cc1OC. The average molecular weight is 300 g/mol. The first-order valence-electron chi connectivity index (χ1n) is 6.06. The number of hydrogen-bond acceptors (Lipinski definition) is 4. The molecule has 0 fully saturated rings. The summed E-state index contributed by atoms with van der Waals surface area (Å²) in [6.07, 6.45) is 0. The number of methoxy groups -OCH3 is 1. The van der Waals surface area contributed by atoms with Gasteiger partial charge in [0.1, 0.15) is 10.6 Å². The molecule has 0 radical (unpaired) electrons. The fraction of sp³-hybridized carbons (Fsp3) is 0.462. The van der Waals surface area contributed by atoms with E-state index in [1.807, 2.05) is 13.8 Å². The van der Waals surface area contributed by atoms with Crippen LogP contribution in [0.25, 0.3) is 0 Å². The molecule has 1 rings (SSSR count). The Hall–Kier alpha value is -1.60. The van der Waals surface area contributed by atoms with E-state index >= 15 is 0 Å². The van der Waals surface area contributed by atoms with Crippen molar-refractivity contribution in [2.75, 3.05) is 27.7 Å². The number of nitrogens with one attached hydrogen (secondary N) is 1. The summed E-state index contributed by atoms with van der Waals surface area (Å²) in [6.45, 7) is 3.46. The maximum Gasteiger partial charge on any atom is 0.246 e. The van der Waals surface area contributed by atoms with E-state index in [0.29, 0.717) is 0 Å². The van der Waals surface area contributed by atoms with Crippen LogP contribution < -0.4 is 10.1 Å². The third kappa shape index (κ3) is 3.29. The van der Waals surface area contributed by atoms with E-state index < -0.39 is 10.0 Å². The van der Waals surface area contributed by atoms with E-state index in [1.165, 1.54) is 21.2 Å². The van der Waals surface area contributed by atoms with Crippen molar-refractivity contribution in [2.24, 2.45) is 0 Å². The zero-order valence-electron chi connectivity index (χ0n) is 12.4. The minimum atomic E-state index is -3.78. The minimum Gasteiger partial charge on any atom is -0.495 e. The van der Waals surface area contributed by atoms with Crippen LogP contribution in [0.15, 0.2) is 17.0 Å². The number of amides is 1. The molecule has 1 amide bonds. The third-order valence-corrected chi connectivity index (χ3v) is 4.94. The summed E-state index contributed by atoms with van der Waals surface area (Å²) < 4.78 is 31.1. The van der Waals surface area contributed by atoms with E-state index in [1.54, 1.807) is 12.1 Å². The smallest absolute Gasteiger partial charge is 0.246 e. The van der Waals surface area contributed by atoms with Crippen LogP contribution in [-0.2, 0) is 14.8 Å². The molecule has 0 atom stereocenters. The summed E-state index contributed by atoms with van der Waals surface area (Å²) >= 11 is 0. The first-order valence-corrected chi connectivity index (χ1v) is 7.50. The number of sulfonamides is 1. The molecule has 0 heterocycles. The maximum absolute atomic E-state index is 12.5. The van der Waals surface area contributed by atoms with Gasteiger partial charge in [-0.25, -0.2) is 8.42 Å². The Balaban J connectivity index is 3.28. The van der Waals surface area contributed by atoms with Gasteiger partial charge in [-0.2, -0.15) is 4.31 Å². The van der Waals surface area contributed by atoms with Gasteiger partial charge in [-0.05, 0) is 37.1 Å². The second-order valence-electron chi connectivity index (χ2n) is 4.52. The van der Waals surface area contributed by atoms with E-state index in [2.05, 4.69) is 5.32 Å². The summed E-state index contributed by atoms with van der Waals surface area (Å²) in [5.41, 5.74) is 1.78. The predicted molar refractivity (Wildman–Crippen MR) is 76.4 cm³/mol. The molecule has 1 aromatic rings. The lowest BCUT2D eigenvalue weighted by Gasteiger charge is -2.19. The maximum atomic E-state index is 12.5. The molecule has 0 aliphatic carbocycles. The zero-order chi connectivity index (χ0) is 15.5. The quantitative estimate of drug-likeness (QED) is 0.867. The van der Waals surface area contributed by atoms with E-state index in [4.69, 9.17) is 4.74 Å². The minimum absolute atomic E-state index is 0.0644. The Bertz CT molecular complexity index is 611. The van der Waals surface area contributed by atoms with Gasteiger partial charge >= 0.3 is 0 Å². The van der Waals surface area contributed by atoms with Gasteiger partial charge in [-0.1, -0.05) is 0 Å². The number of carbonyl (C=O) groups excluding carboxylic acids is 1. The third-order valence-electron chi connectivity index (χ3n) is 3.11. The molecule has 0 saturated carbocycles. The highest BCUT2D eigenvalue weighted by atomic mass is 32.2. The second kappa shape index (κ2) is 6.23. The number of likely N-dealkylation sites (N-methyl/N-ethyl adjacent to an activating group) is 2. The first-order chi connectivity index (χ1) is 9.23. The molecule has 1 N–H and O–H groups in total. The molecule has 20 heavy (non-hydrogen) atoms. The molecule has 0 aromatic heterocycles. The van der Waals surface area contributed by atoms with Crippen molar-refractivity contribution in [3.05, 3.63) is 23.3 Å². The summed E-state index contributed by atoms with van der Waals surface area (Å²) in [7, 11) is 0.458. The van der Waals surface area contributed by atoms with Gasteiger partial charge in [-0.3, -0.25) is 4.79 Å². The topological polar surface area (TPSA) is 75.7 Å². The van der Waals surface area contributed by atoms with Gasteiger partial charge in [0.2, 0.25) is 15.9 Å². The predicted octanol–water partition coefficient (Wildman–Crippen LogP) is 0.679. The number of rotatable bonds is 5. The van der Waals surface area contributed by atoms with Gasteiger partial charge < -0.3 is 10.1 Å². The Kier molecular flexibility index (Phi) is 5.13. The lowest BCUT2D eigenvalue weighted by molar-refractivity contribution is -0.120. The molecule has 0 spiro atoms. The highest BCUT2D eigenvalue weighted by Gasteiger charge is 2.26. The zero-order valence-corrected chi connectivity index (χ0v) is 13.2.